The largest absolute Gasteiger partial charge is 0.383 e. The Morgan fingerprint density at radius 3 is 2.74 bits per heavy atom. The zero-order valence-corrected chi connectivity index (χ0v) is 11.9. The normalized spacial score (nSPS) is 28.8. The van der Waals surface area contributed by atoms with E-state index in [-0.39, 0.29) is 0 Å². The Hall–Kier alpha value is -1.32. The van der Waals surface area contributed by atoms with Crippen LogP contribution in [0.3, 0.4) is 0 Å². The van der Waals surface area contributed by atoms with E-state index in [2.05, 4.69) is 22.2 Å². The van der Waals surface area contributed by atoms with Crippen molar-refractivity contribution in [1.29, 1.82) is 0 Å². The number of hydrogen-bond donors (Lipinski definition) is 2. The molecular formula is C15H24N4. The number of nitrogens with one attached hydrogen (secondary N) is 1. The molecule has 2 saturated carbocycles. The maximum Gasteiger partial charge on any atom is 0.134 e. The fourth-order valence-corrected chi connectivity index (χ4v) is 3.66. The van der Waals surface area contributed by atoms with Crippen molar-refractivity contribution in [3.05, 3.63) is 11.4 Å². The number of rotatable bonds is 4. The van der Waals surface area contributed by atoms with Gasteiger partial charge in [0.05, 0.1) is 0 Å². The SMILES string of the molecule is CCCc1nc(N)c(C)c(NC2CC3CCC2C3)n1. The van der Waals surface area contributed by atoms with Gasteiger partial charge in [0.1, 0.15) is 17.5 Å². The summed E-state index contributed by atoms with van der Waals surface area (Å²) in [4.78, 5) is 9.04. The van der Waals surface area contributed by atoms with Crippen LogP contribution in [0, 0.1) is 18.8 Å². The first kappa shape index (κ1) is 12.7. The van der Waals surface area contributed by atoms with Crippen molar-refractivity contribution in [2.45, 2.75) is 58.4 Å². The Kier molecular flexibility index (Phi) is 3.33. The lowest BCUT2D eigenvalue weighted by Crippen LogP contribution is -2.27. The quantitative estimate of drug-likeness (QED) is 0.873. The molecule has 4 heteroatoms. The summed E-state index contributed by atoms with van der Waals surface area (Å²) in [6.45, 7) is 4.16. The molecule has 1 aromatic heterocycles. The minimum absolute atomic E-state index is 0.598. The van der Waals surface area contributed by atoms with E-state index in [1.54, 1.807) is 0 Å². The number of fused-ring (bicyclic) bond motifs is 2. The number of nitrogens with two attached hydrogens (primary N) is 1. The van der Waals surface area contributed by atoms with E-state index >= 15 is 0 Å². The molecule has 0 spiro atoms. The first-order chi connectivity index (χ1) is 9.17. The van der Waals surface area contributed by atoms with Crippen molar-refractivity contribution in [3.63, 3.8) is 0 Å². The number of anilines is 2. The lowest BCUT2D eigenvalue weighted by Gasteiger charge is -2.24. The second-order valence-corrected chi connectivity index (χ2v) is 6.17. The fourth-order valence-electron chi connectivity index (χ4n) is 3.66. The molecule has 0 saturated heterocycles. The zero-order chi connectivity index (χ0) is 13.4. The highest BCUT2D eigenvalue weighted by Crippen LogP contribution is 2.45. The Balaban J connectivity index is 1.79. The van der Waals surface area contributed by atoms with Gasteiger partial charge in [0, 0.05) is 18.0 Å². The van der Waals surface area contributed by atoms with Crippen LogP contribution in [0.25, 0.3) is 0 Å². The standard InChI is InChI=1S/C15H24N4/c1-3-4-13-18-14(16)9(2)15(19-13)17-12-8-10-5-6-11(12)7-10/h10-12H,3-8H2,1-2H3,(H3,16,17,18,19). The van der Waals surface area contributed by atoms with Crippen molar-refractivity contribution < 1.29 is 0 Å². The zero-order valence-electron chi connectivity index (χ0n) is 11.9. The van der Waals surface area contributed by atoms with Crippen molar-refractivity contribution >= 4 is 11.6 Å². The third-order valence-corrected chi connectivity index (χ3v) is 4.76. The molecule has 3 N–H and O–H groups in total. The van der Waals surface area contributed by atoms with Crippen molar-refractivity contribution in [2.24, 2.45) is 11.8 Å². The van der Waals surface area contributed by atoms with Gasteiger partial charge in [-0.15, -0.1) is 0 Å². The van der Waals surface area contributed by atoms with Crippen molar-refractivity contribution in [1.82, 2.24) is 9.97 Å². The molecule has 3 atom stereocenters. The van der Waals surface area contributed by atoms with Gasteiger partial charge in [-0.1, -0.05) is 13.3 Å². The van der Waals surface area contributed by atoms with Crippen LogP contribution in [0.15, 0.2) is 0 Å². The average Bonchev–Trinajstić information content (AvgIpc) is 2.98. The lowest BCUT2D eigenvalue weighted by atomic mass is 9.95. The Morgan fingerprint density at radius 1 is 1.26 bits per heavy atom. The smallest absolute Gasteiger partial charge is 0.134 e. The van der Waals surface area contributed by atoms with Crippen LogP contribution in [0.4, 0.5) is 11.6 Å². The molecule has 3 rings (SSSR count). The molecular weight excluding hydrogens is 236 g/mol. The molecule has 0 aliphatic heterocycles. The maximum atomic E-state index is 6.01. The highest BCUT2D eigenvalue weighted by Gasteiger charge is 2.39. The predicted molar refractivity (Wildman–Crippen MR) is 78.0 cm³/mol. The van der Waals surface area contributed by atoms with Crippen LogP contribution >= 0.6 is 0 Å². The van der Waals surface area contributed by atoms with Gasteiger partial charge >= 0.3 is 0 Å². The Morgan fingerprint density at radius 2 is 2.11 bits per heavy atom. The van der Waals surface area contributed by atoms with Crippen LogP contribution in [0.2, 0.25) is 0 Å². The van der Waals surface area contributed by atoms with Gasteiger partial charge < -0.3 is 11.1 Å². The van der Waals surface area contributed by atoms with Gasteiger partial charge in [-0.25, -0.2) is 9.97 Å². The third-order valence-electron chi connectivity index (χ3n) is 4.76. The fraction of sp³-hybridized carbons (Fsp3) is 0.733. The molecule has 1 aromatic rings. The van der Waals surface area contributed by atoms with Gasteiger partial charge in [0.2, 0.25) is 0 Å². The van der Waals surface area contributed by atoms with Gasteiger partial charge in [-0.2, -0.15) is 0 Å². The molecule has 0 radical (unpaired) electrons. The minimum atomic E-state index is 0.598. The highest BCUT2D eigenvalue weighted by atomic mass is 15.1. The van der Waals surface area contributed by atoms with Crippen LogP contribution in [-0.2, 0) is 6.42 Å². The molecule has 2 bridgehead atoms. The summed E-state index contributed by atoms with van der Waals surface area (Å²) in [6, 6.07) is 0.598. The first-order valence-electron chi connectivity index (χ1n) is 7.57. The van der Waals surface area contributed by atoms with Gasteiger partial charge in [-0.05, 0) is 44.4 Å². The number of aromatic nitrogens is 2. The van der Waals surface area contributed by atoms with E-state index in [0.29, 0.717) is 11.9 Å². The van der Waals surface area contributed by atoms with E-state index in [1.807, 2.05) is 6.92 Å². The lowest BCUT2D eigenvalue weighted by molar-refractivity contribution is 0.438. The summed E-state index contributed by atoms with van der Waals surface area (Å²) in [5.74, 6) is 4.25. The number of aryl methyl sites for hydroxylation is 1. The molecule has 104 valence electrons. The molecule has 4 nitrogen and oxygen atoms in total. The van der Waals surface area contributed by atoms with Crippen molar-refractivity contribution in [2.75, 3.05) is 11.1 Å². The second kappa shape index (κ2) is 4.99. The average molecular weight is 260 g/mol. The van der Waals surface area contributed by atoms with Crippen LogP contribution in [0.1, 0.15) is 50.4 Å². The van der Waals surface area contributed by atoms with Crippen LogP contribution in [0.5, 0.6) is 0 Å². The number of nitrogens with zero attached hydrogens (tertiary/aromatic N) is 2. The molecule has 2 aliphatic rings. The van der Waals surface area contributed by atoms with Crippen LogP contribution < -0.4 is 11.1 Å². The highest BCUT2D eigenvalue weighted by molar-refractivity contribution is 5.55. The summed E-state index contributed by atoms with van der Waals surface area (Å²) >= 11 is 0. The molecule has 0 aromatic carbocycles. The monoisotopic (exact) mass is 260 g/mol. The molecule has 0 amide bonds. The van der Waals surface area contributed by atoms with Gasteiger partial charge in [-0.3, -0.25) is 0 Å². The topological polar surface area (TPSA) is 63.8 Å². The van der Waals surface area contributed by atoms with Gasteiger partial charge in [0.25, 0.3) is 0 Å². The van der Waals surface area contributed by atoms with E-state index in [1.165, 1.54) is 25.7 Å². The van der Waals surface area contributed by atoms with E-state index < -0.39 is 0 Å². The van der Waals surface area contributed by atoms with E-state index in [9.17, 15) is 0 Å². The van der Waals surface area contributed by atoms with E-state index in [4.69, 9.17) is 5.73 Å². The number of hydrogen-bond acceptors (Lipinski definition) is 4. The van der Waals surface area contributed by atoms with Crippen LogP contribution in [-0.4, -0.2) is 16.0 Å². The Bertz CT molecular complexity index is 471. The summed E-state index contributed by atoms with van der Waals surface area (Å²) < 4.78 is 0. The van der Waals surface area contributed by atoms with Crippen molar-refractivity contribution in [3.8, 4) is 0 Å². The summed E-state index contributed by atoms with van der Waals surface area (Å²) in [5, 5.41) is 3.65. The molecule has 2 fully saturated rings. The summed E-state index contributed by atoms with van der Waals surface area (Å²) in [5.41, 5.74) is 7.01. The summed E-state index contributed by atoms with van der Waals surface area (Å²) in [6.07, 6.45) is 7.46. The molecule has 2 aliphatic carbocycles. The third kappa shape index (κ3) is 2.40. The maximum absolute atomic E-state index is 6.01. The first-order valence-corrected chi connectivity index (χ1v) is 7.57. The van der Waals surface area contributed by atoms with Gasteiger partial charge in [0.15, 0.2) is 0 Å². The summed E-state index contributed by atoms with van der Waals surface area (Å²) in [7, 11) is 0. The number of nitrogen functional groups attached to an aromatic ring is 1. The molecule has 1 heterocycles. The predicted octanol–water partition coefficient (Wildman–Crippen LogP) is 2.92. The Labute approximate surface area is 115 Å². The second-order valence-electron chi connectivity index (χ2n) is 6.17. The minimum Gasteiger partial charge on any atom is -0.383 e. The molecule has 3 unspecified atom stereocenters. The van der Waals surface area contributed by atoms with E-state index in [0.717, 1.165) is 41.9 Å². The molecule has 19 heavy (non-hydrogen) atoms.